The molecule has 180 valence electrons. The van der Waals surface area contributed by atoms with Crippen LogP contribution in [0.3, 0.4) is 0 Å². The monoisotopic (exact) mass is 456 g/mol. The van der Waals surface area contributed by atoms with Gasteiger partial charge in [0.2, 0.25) is 0 Å². The molecule has 0 radical (unpaired) electrons. The van der Waals surface area contributed by atoms with Gasteiger partial charge in [-0.3, -0.25) is 0 Å². The van der Waals surface area contributed by atoms with E-state index in [0.29, 0.717) is 18.1 Å². The lowest BCUT2D eigenvalue weighted by Crippen LogP contribution is -2.11. The Labute approximate surface area is 206 Å². The molecule has 2 heteroatoms. The summed E-state index contributed by atoms with van der Waals surface area (Å²) in [4.78, 5) is 12.4. The highest BCUT2D eigenvalue weighted by Gasteiger charge is 2.12. The molecule has 0 amide bonds. The Morgan fingerprint density at radius 3 is 2.15 bits per heavy atom. The van der Waals surface area contributed by atoms with E-state index in [1.807, 2.05) is 24.3 Å². The Balaban J connectivity index is 1.77. The van der Waals surface area contributed by atoms with Crippen molar-refractivity contribution >= 4 is 5.97 Å². The minimum atomic E-state index is -0.246. The van der Waals surface area contributed by atoms with E-state index in [4.69, 9.17) is 4.74 Å². The first-order valence-electron chi connectivity index (χ1n) is 13.1. The normalized spacial score (nSPS) is 11.9. The zero-order valence-corrected chi connectivity index (χ0v) is 21.2. The smallest absolute Gasteiger partial charge is 0.338 e. The fourth-order valence-electron chi connectivity index (χ4n) is 4.17. The van der Waals surface area contributed by atoms with Gasteiger partial charge in [0.05, 0.1) is 12.2 Å². The molecule has 0 aliphatic heterocycles. The van der Waals surface area contributed by atoms with Crippen LogP contribution in [-0.2, 0) is 11.2 Å². The summed E-state index contributed by atoms with van der Waals surface area (Å²) in [5.74, 6) is 0.135. The first kappa shape index (κ1) is 25.7. The third kappa shape index (κ3) is 7.58. The molecule has 0 saturated carbocycles. The predicted octanol–water partition coefficient (Wildman–Crippen LogP) is 9.13. The summed E-state index contributed by atoms with van der Waals surface area (Å²) in [5, 5.41) is 0. The molecular formula is C32H40O2. The van der Waals surface area contributed by atoms with E-state index >= 15 is 0 Å². The number of hydrogen-bond acceptors (Lipinski definition) is 2. The van der Waals surface area contributed by atoms with Crippen molar-refractivity contribution in [1.29, 1.82) is 0 Å². The average Bonchev–Trinajstić information content (AvgIpc) is 2.89. The van der Waals surface area contributed by atoms with Crippen molar-refractivity contribution in [2.24, 2.45) is 5.92 Å². The standard InChI is InChI=1S/C32H40O2/c1-4-6-7-8-9-11-14-26-17-22-30(31(23-26)27-15-12-10-13-16-27)28-18-20-29(21-19-28)32(33)34-24-25(3)5-2/h10,12-13,15-23,25H,4-9,11,14,24H2,1-3H3. The molecule has 0 fully saturated rings. The summed E-state index contributed by atoms with van der Waals surface area (Å²) in [7, 11) is 0. The fraction of sp³-hybridized carbons (Fsp3) is 0.406. The summed E-state index contributed by atoms with van der Waals surface area (Å²) in [5.41, 5.74) is 6.77. The van der Waals surface area contributed by atoms with E-state index < -0.39 is 0 Å². The molecule has 0 heterocycles. The van der Waals surface area contributed by atoms with Crippen molar-refractivity contribution in [3.63, 3.8) is 0 Å². The first-order valence-corrected chi connectivity index (χ1v) is 13.1. The van der Waals surface area contributed by atoms with Crippen LogP contribution in [0, 0.1) is 5.92 Å². The molecule has 0 spiro atoms. The van der Waals surface area contributed by atoms with Crippen LogP contribution in [0.15, 0.2) is 72.8 Å². The number of unbranched alkanes of at least 4 members (excludes halogenated alkanes) is 5. The maximum absolute atomic E-state index is 12.4. The van der Waals surface area contributed by atoms with Crippen molar-refractivity contribution in [2.45, 2.75) is 72.1 Å². The third-order valence-corrected chi connectivity index (χ3v) is 6.62. The molecule has 34 heavy (non-hydrogen) atoms. The Morgan fingerprint density at radius 1 is 0.765 bits per heavy atom. The second-order valence-electron chi connectivity index (χ2n) is 9.45. The molecule has 1 atom stereocenters. The van der Waals surface area contributed by atoms with Crippen LogP contribution in [0.4, 0.5) is 0 Å². The van der Waals surface area contributed by atoms with Crippen LogP contribution >= 0.6 is 0 Å². The number of rotatable bonds is 13. The highest BCUT2D eigenvalue weighted by Crippen LogP contribution is 2.33. The van der Waals surface area contributed by atoms with Gasteiger partial charge in [-0.1, -0.05) is 120 Å². The number of carbonyl (C=O) groups is 1. The van der Waals surface area contributed by atoms with E-state index in [1.165, 1.54) is 60.8 Å². The Hall–Kier alpha value is -2.87. The molecule has 2 nitrogen and oxygen atoms in total. The Morgan fingerprint density at radius 2 is 1.44 bits per heavy atom. The van der Waals surface area contributed by atoms with E-state index in [0.717, 1.165) is 18.4 Å². The van der Waals surface area contributed by atoms with Gasteiger partial charge in [0.25, 0.3) is 0 Å². The van der Waals surface area contributed by atoms with Crippen molar-refractivity contribution < 1.29 is 9.53 Å². The number of esters is 1. The summed E-state index contributed by atoms with van der Waals surface area (Å²) in [6, 6.07) is 25.3. The van der Waals surface area contributed by atoms with Gasteiger partial charge in [-0.25, -0.2) is 4.79 Å². The lowest BCUT2D eigenvalue weighted by molar-refractivity contribution is 0.0447. The fourth-order valence-corrected chi connectivity index (χ4v) is 4.17. The third-order valence-electron chi connectivity index (χ3n) is 6.62. The van der Waals surface area contributed by atoms with Crippen molar-refractivity contribution in [3.05, 3.63) is 83.9 Å². The Bertz CT molecular complexity index is 1000. The lowest BCUT2D eigenvalue weighted by atomic mass is 9.91. The van der Waals surface area contributed by atoms with Gasteiger partial charge in [-0.05, 0) is 58.7 Å². The molecule has 0 aliphatic rings. The second kappa shape index (κ2) is 13.7. The van der Waals surface area contributed by atoms with Crippen molar-refractivity contribution in [1.82, 2.24) is 0 Å². The minimum absolute atomic E-state index is 0.246. The highest BCUT2D eigenvalue weighted by atomic mass is 16.5. The number of benzene rings is 3. The SMILES string of the molecule is CCCCCCCCc1ccc(-c2ccc(C(=O)OCC(C)CC)cc2)c(-c2ccccc2)c1. The van der Waals surface area contributed by atoms with Gasteiger partial charge in [-0.2, -0.15) is 0 Å². The number of aryl methyl sites for hydroxylation is 1. The largest absolute Gasteiger partial charge is 0.462 e. The van der Waals surface area contributed by atoms with Crippen LogP contribution in [0.5, 0.6) is 0 Å². The molecule has 3 rings (SSSR count). The van der Waals surface area contributed by atoms with Crippen LogP contribution in [-0.4, -0.2) is 12.6 Å². The maximum Gasteiger partial charge on any atom is 0.338 e. The first-order chi connectivity index (χ1) is 16.6. The predicted molar refractivity (Wildman–Crippen MR) is 144 cm³/mol. The molecule has 1 unspecified atom stereocenters. The molecule has 0 aromatic heterocycles. The molecule has 3 aromatic rings. The molecule has 3 aromatic carbocycles. The van der Waals surface area contributed by atoms with Crippen LogP contribution in [0.1, 0.15) is 81.6 Å². The van der Waals surface area contributed by atoms with E-state index in [1.54, 1.807) is 0 Å². The lowest BCUT2D eigenvalue weighted by Gasteiger charge is -2.14. The van der Waals surface area contributed by atoms with Crippen molar-refractivity contribution in [3.8, 4) is 22.3 Å². The van der Waals surface area contributed by atoms with Crippen LogP contribution in [0.25, 0.3) is 22.3 Å². The van der Waals surface area contributed by atoms with Gasteiger partial charge in [0.15, 0.2) is 0 Å². The highest BCUT2D eigenvalue weighted by molar-refractivity contribution is 5.91. The van der Waals surface area contributed by atoms with Crippen LogP contribution < -0.4 is 0 Å². The van der Waals surface area contributed by atoms with Gasteiger partial charge in [0, 0.05) is 0 Å². The zero-order valence-electron chi connectivity index (χ0n) is 21.2. The van der Waals surface area contributed by atoms with Crippen molar-refractivity contribution in [2.75, 3.05) is 6.61 Å². The molecule has 0 aliphatic carbocycles. The minimum Gasteiger partial charge on any atom is -0.462 e. The van der Waals surface area contributed by atoms with E-state index in [2.05, 4.69) is 69.3 Å². The summed E-state index contributed by atoms with van der Waals surface area (Å²) in [6.07, 6.45) is 10.00. The average molecular weight is 457 g/mol. The van der Waals surface area contributed by atoms with Gasteiger partial charge in [-0.15, -0.1) is 0 Å². The maximum atomic E-state index is 12.4. The Kier molecular flexibility index (Phi) is 10.4. The van der Waals surface area contributed by atoms with Gasteiger partial charge < -0.3 is 4.74 Å². The molecule has 0 saturated heterocycles. The van der Waals surface area contributed by atoms with Gasteiger partial charge in [0.1, 0.15) is 0 Å². The number of ether oxygens (including phenoxy) is 1. The molecular weight excluding hydrogens is 416 g/mol. The molecule has 0 N–H and O–H groups in total. The van der Waals surface area contributed by atoms with Gasteiger partial charge >= 0.3 is 5.97 Å². The number of carbonyl (C=O) groups excluding carboxylic acids is 1. The zero-order chi connectivity index (χ0) is 24.2. The summed E-state index contributed by atoms with van der Waals surface area (Å²) < 4.78 is 5.46. The second-order valence-corrected chi connectivity index (χ2v) is 9.45. The topological polar surface area (TPSA) is 26.3 Å². The number of hydrogen-bond donors (Lipinski definition) is 0. The molecule has 0 bridgehead atoms. The summed E-state index contributed by atoms with van der Waals surface area (Å²) in [6.45, 7) is 6.93. The van der Waals surface area contributed by atoms with E-state index in [9.17, 15) is 4.79 Å². The van der Waals surface area contributed by atoms with Crippen LogP contribution in [0.2, 0.25) is 0 Å². The summed E-state index contributed by atoms with van der Waals surface area (Å²) >= 11 is 0. The van der Waals surface area contributed by atoms with E-state index in [-0.39, 0.29) is 5.97 Å². The quantitative estimate of drug-likeness (QED) is 0.189.